The summed E-state index contributed by atoms with van der Waals surface area (Å²) >= 11 is 5.39. The maximum Gasteiger partial charge on any atom is 0.511 e. The van der Waals surface area contributed by atoms with Gasteiger partial charge in [-0.05, 0) is 6.07 Å². The Morgan fingerprint density at radius 3 is 2.64 bits per heavy atom. The Morgan fingerprint density at radius 1 is 1.50 bits per heavy atom. The van der Waals surface area contributed by atoms with Crippen LogP contribution in [0.3, 0.4) is 0 Å². The van der Waals surface area contributed by atoms with Crippen molar-refractivity contribution >= 4 is 27.5 Å². The fraction of sp³-hybridized carbons (Fsp3) is 0.444. The highest BCUT2D eigenvalue weighted by Gasteiger charge is 2.46. The summed E-state index contributed by atoms with van der Waals surface area (Å²) in [5.74, 6) is -1.76. The van der Waals surface area contributed by atoms with Crippen molar-refractivity contribution in [3.8, 4) is 5.88 Å². The minimum absolute atomic E-state index is 0.165. The van der Waals surface area contributed by atoms with Gasteiger partial charge in [-0.25, -0.2) is 8.42 Å². The molecule has 0 aliphatic heterocycles. The monoisotopic (exact) mass is 362 g/mol. The van der Waals surface area contributed by atoms with Crippen LogP contribution in [0.2, 0.25) is 0 Å². The fourth-order valence-corrected chi connectivity index (χ4v) is 2.17. The van der Waals surface area contributed by atoms with E-state index >= 15 is 0 Å². The smallest absolute Gasteiger partial charge is 0.474 e. The average molecular weight is 363 g/mol. The number of nitrogens with two attached hydrogens (primary N) is 1. The van der Waals surface area contributed by atoms with Gasteiger partial charge in [0.15, 0.2) is 0 Å². The molecule has 22 heavy (non-hydrogen) atoms. The summed E-state index contributed by atoms with van der Waals surface area (Å²) in [4.78, 5) is 11.1. The summed E-state index contributed by atoms with van der Waals surface area (Å²) in [6.45, 7) is -0.613. The van der Waals surface area contributed by atoms with Gasteiger partial charge in [-0.15, -0.1) is 16.7 Å². The first kappa shape index (κ1) is 18.4. The van der Waals surface area contributed by atoms with E-state index in [4.69, 9.17) is 22.1 Å². The SMILES string of the molecule is NC(=O)c1ccnnc1OC[C@@H](CCl)NS(=O)(=O)C(F)(F)F. The van der Waals surface area contributed by atoms with Crippen LogP contribution < -0.4 is 15.2 Å². The zero-order chi connectivity index (χ0) is 17.0. The molecule has 0 aliphatic carbocycles. The molecule has 0 spiro atoms. The zero-order valence-corrected chi connectivity index (χ0v) is 12.2. The van der Waals surface area contributed by atoms with Crippen molar-refractivity contribution < 1.29 is 31.1 Å². The molecule has 8 nitrogen and oxygen atoms in total. The van der Waals surface area contributed by atoms with Crippen LogP contribution in [-0.4, -0.2) is 48.6 Å². The van der Waals surface area contributed by atoms with E-state index in [1.807, 2.05) is 0 Å². The van der Waals surface area contributed by atoms with Gasteiger partial charge in [0.1, 0.15) is 12.2 Å². The molecule has 0 radical (unpaired) electrons. The Labute approximate surface area is 127 Å². The third-order valence-electron chi connectivity index (χ3n) is 2.19. The van der Waals surface area contributed by atoms with E-state index in [2.05, 4.69) is 10.2 Å². The summed E-state index contributed by atoms with van der Waals surface area (Å²) < 4.78 is 64.9. The third kappa shape index (κ3) is 4.68. The fourth-order valence-electron chi connectivity index (χ4n) is 1.19. The molecule has 1 amide bonds. The zero-order valence-electron chi connectivity index (χ0n) is 10.7. The van der Waals surface area contributed by atoms with E-state index in [1.54, 1.807) is 0 Å². The molecule has 13 heteroatoms. The van der Waals surface area contributed by atoms with Crippen LogP contribution in [0.25, 0.3) is 0 Å². The van der Waals surface area contributed by atoms with Crippen molar-refractivity contribution in [1.82, 2.24) is 14.9 Å². The largest absolute Gasteiger partial charge is 0.511 e. The number of sulfonamides is 1. The quantitative estimate of drug-likeness (QED) is 0.658. The maximum absolute atomic E-state index is 12.2. The molecule has 1 aromatic rings. The number of alkyl halides is 4. The van der Waals surface area contributed by atoms with Crippen LogP contribution in [0, 0.1) is 0 Å². The molecule has 3 N–H and O–H groups in total. The number of hydrogen-bond acceptors (Lipinski definition) is 6. The van der Waals surface area contributed by atoms with Crippen molar-refractivity contribution in [1.29, 1.82) is 0 Å². The van der Waals surface area contributed by atoms with Crippen molar-refractivity contribution in [2.45, 2.75) is 11.6 Å². The number of ether oxygens (including phenoxy) is 1. The molecule has 0 bridgehead atoms. The first-order valence-electron chi connectivity index (χ1n) is 5.47. The van der Waals surface area contributed by atoms with Crippen molar-refractivity contribution in [3.05, 3.63) is 17.8 Å². The van der Waals surface area contributed by atoms with Gasteiger partial charge in [-0.3, -0.25) is 4.79 Å². The second kappa shape index (κ2) is 7.07. The van der Waals surface area contributed by atoms with Crippen LogP contribution in [0.4, 0.5) is 13.2 Å². The molecule has 0 saturated heterocycles. The highest BCUT2D eigenvalue weighted by atomic mass is 35.5. The first-order chi connectivity index (χ1) is 10.1. The topological polar surface area (TPSA) is 124 Å². The second-order valence-electron chi connectivity index (χ2n) is 3.84. The number of aromatic nitrogens is 2. The highest BCUT2D eigenvalue weighted by molar-refractivity contribution is 7.90. The lowest BCUT2D eigenvalue weighted by atomic mass is 10.3. The van der Waals surface area contributed by atoms with Gasteiger partial charge in [0.25, 0.3) is 5.91 Å². The third-order valence-corrected chi connectivity index (χ3v) is 3.81. The number of rotatable bonds is 7. The predicted molar refractivity (Wildman–Crippen MR) is 68.7 cm³/mol. The maximum atomic E-state index is 12.2. The van der Waals surface area contributed by atoms with Crippen LogP contribution >= 0.6 is 11.6 Å². The van der Waals surface area contributed by atoms with Crippen LogP contribution in [0.5, 0.6) is 5.88 Å². The van der Waals surface area contributed by atoms with Gasteiger partial charge >= 0.3 is 15.5 Å². The number of nitrogens with zero attached hydrogens (tertiary/aromatic N) is 2. The number of carbonyl (C=O) groups excluding carboxylic acids is 1. The number of amides is 1. The molecular weight excluding hydrogens is 353 g/mol. The Hall–Kier alpha value is -1.66. The number of carbonyl (C=O) groups is 1. The minimum atomic E-state index is -5.58. The van der Waals surface area contributed by atoms with E-state index in [1.165, 1.54) is 10.8 Å². The van der Waals surface area contributed by atoms with Gasteiger partial charge in [0.2, 0.25) is 5.88 Å². The summed E-state index contributed by atoms with van der Waals surface area (Å²) in [6.07, 6.45) is 1.15. The molecule has 0 unspecified atom stereocenters. The van der Waals surface area contributed by atoms with E-state index in [0.29, 0.717) is 0 Å². The van der Waals surface area contributed by atoms with E-state index in [-0.39, 0.29) is 11.4 Å². The molecular formula is C9H10ClF3N4O4S. The Bertz CT molecular complexity index is 640. The highest BCUT2D eigenvalue weighted by Crippen LogP contribution is 2.22. The van der Waals surface area contributed by atoms with Crippen molar-refractivity contribution in [3.63, 3.8) is 0 Å². The minimum Gasteiger partial charge on any atom is -0.474 e. The van der Waals surface area contributed by atoms with Gasteiger partial charge < -0.3 is 10.5 Å². The number of hydrogen-bond donors (Lipinski definition) is 2. The Balaban J connectivity index is 2.80. The van der Waals surface area contributed by atoms with E-state index in [9.17, 15) is 26.4 Å². The molecule has 1 rings (SSSR count). The lowest BCUT2D eigenvalue weighted by Crippen LogP contribution is -2.46. The van der Waals surface area contributed by atoms with Gasteiger partial charge in [-0.2, -0.15) is 23.0 Å². The molecule has 1 aromatic heterocycles. The summed E-state index contributed by atoms with van der Waals surface area (Å²) in [7, 11) is -5.58. The summed E-state index contributed by atoms with van der Waals surface area (Å²) in [5.41, 5.74) is -0.609. The lowest BCUT2D eigenvalue weighted by molar-refractivity contribution is -0.0451. The second-order valence-corrected chi connectivity index (χ2v) is 5.86. The van der Waals surface area contributed by atoms with Crippen molar-refractivity contribution in [2.24, 2.45) is 5.73 Å². The van der Waals surface area contributed by atoms with Crippen LogP contribution in [0.15, 0.2) is 12.3 Å². The standard InChI is InChI=1S/C9H10ClF3N4O4S/c10-3-5(17-22(19,20)9(11,12)13)4-21-8-6(7(14)18)1-2-15-16-8/h1-2,5,17H,3-4H2,(H2,14,18)/t5-/m1/s1. The number of halogens is 4. The first-order valence-corrected chi connectivity index (χ1v) is 7.49. The molecule has 0 fully saturated rings. The van der Waals surface area contributed by atoms with Gasteiger partial charge in [-0.1, -0.05) is 0 Å². The average Bonchev–Trinajstić information content (AvgIpc) is 2.42. The molecule has 1 heterocycles. The number of primary amides is 1. The molecule has 0 saturated carbocycles. The van der Waals surface area contributed by atoms with Crippen LogP contribution in [-0.2, 0) is 10.0 Å². The van der Waals surface area contributed by atoms with Crippen LogP contribution in [0.1, 0.15) is 10.4 Å². The number of nitrogens with one attached hydrogen (secondary N) is 1. The predicted octanol–water partition coefficient (Wildman–Crippen LogP) is 0.000900. The molecule has 0 aromatic carbocycles. The Kier molecular flexibility index (Phi) is 5.91. The molecule has 1 atom stereocenters. The lowest BCUT2D eigenvalue weighted by Gasteiger charge is -2.18. The normalized spacial score (nSPS) is 13.6. The van der Waals surface area contributed by atoms with Gasteiger partial charge in [0, 0.05) is 5.88 Å². The Morgan fingerprint density at radius 2 is 2.14 bits per heavy atom. The summed E-state index contributed by atoms with van der Waals surface area (Å²) in [5, 5.41) is 6.85. The van der Waals surface area contributed by atoms with E-state index in [0.717, 1.165) is 6.20 Å². The van der Waals surface area contributed by atoms with E-state index < -0.39 is 40.0 Å². The van der Waals surface area contributed by atoms with Crippen molar-refractivity contribution in [2.75, 3.05) is 12.5 Å². The van der Waals surface area contributed by atoms with Gasteiger partial charge in [0.05, 0.1) is 12.2 Å². The molecule has 0 aliphatic rings. The summed E-state index contributed by atoms with van der Waals surface area (Å²) in [6, 6.07) is -0.226. The molecule has 124 valence electrons.